The molecule has 1 aliphatic rings. The average molecular weight is 322 g/mol. The molecule has 1 heterocycles. The molecule has 0 spiro atoms. The Morgan fingerprint density at radius 2 is 1.79 bits per heavy atom. The van der Waals surface area contributed by atoms with Gasteiger partial charge in [0.1, 0.15) is 0 Å². The Labute approximate surface area is 142 Å². The Hall–Kier alpha value is -2.46. The predicted molar refractivity (Wildman–Crippen MR) is 95.0 cm³/mol. The highest BCUT2D eigenvalue weighted by molar-refractivity contribution is 6.04. The third kappa shape index (κ3) is 3.71. The van der Waals surface area contributed by atoms with E-state index in [4.69, 9.17) is 0 Å². The first-order chi connectivity index (χ1) is 11.6. The Kier molecular flexibility index (Phi) is 5.06. The average Bonchev–Trinajstić information content (AvgIpc) is 3.04. The van der Waals surface area contributed by atoms with Crippen molar-refractivity contribution in [3.05, 3.63) is 65.7 Å². The molecular formula is C20H22N2O2. The Morgan fingerprint density at radius 3 is 2.54 bits per heavy atom. The minimum atomic E-state index is -0.148. The van der Waals surface area contributed by atoms with Crippen molar-refractivity contribution < 1.29 is 9.59 Å². The van der Waals surface area contributed by atoms with Crippen LogP contribution >= 0.6 is 0 Å². The van der Waals surface area contributed by atoms with Crippen molar-refractivity contribution in [3.63, 3.8) is 0 Å². The largest absolute Gasteiger partial charge is 0.324 e. The molecule has 0 aliphatic carbocycles. The quantitative estimate of drug-likeness (QED) is 0.857. The fraction of sp³-hybridized carbons (Fsp3) is 0.300. The van der Waals surface area contributed by atoms with Crippen molar-refractivity contribution in [2.75, 3.05) is 11.9 Å². The molecule has 1 aliphatic heterocycles. The molecule has 1 amide bonds. The molecule has 0 unspecified atom stereocenters. The second-order valence-electron chi connectivity index (χ2n) is 6.21. The van der Waals surface area contributed by atoms with Crippen molar-refractivity contribution in [2.45, 2.75) is 32.4 Å². The Balaban J connectivity index is 1.71. The van der Waals surface area contributed by atoms with Crippen LogP contribution in [0.25, 0.3) is 0 Å². The number of ketones is 1. The van der Waals surface area contributed by atoms with Gasteiger partial charge in [0.05, 0.1) is 11.7 Å². The van der Waals surface area contributed by atoms with Gasteiger partial charge in [0.2, 0.25) is 5.91 Å². The number of carbonyl (C=O) groups is 2. The third-order valence-corrected chi connectivity index (χ3v) is 4.46. The fourth-order valence-corrected chi connectivity index (χ4v) is 3.25. The topological polar surface area (TPSA) is 49.4 Å². The molecule has 4 nitrogen and oxygen atoms in total. The zero-order valence-corrected chi connectivity index (χ0v) is 13.9. The van der Waals surface area contributed by atoms with Crippen LogP contribution in [-0.2, 0) is 11.3 Å². The van der Waals surface area contributed by atoms with E-state index in [1.54, 1.807) is 12.1 Å². The molecule has 0 bridgehead atoms. The van der Waals surface area contributed by atoms with Crippen molar-refractivity contribution >= 4 is 17.4 Å². The van der Waals surface area contributed by atoms with Gasteiger partial charge >= 0.3 is 0 Å². The van der Waals surface area contributed by atoms with E-state index in [-0.39, 0.29) is 17.7 Å². The summed E-state index contributed by atoms with van der Waals surface area (Å²) >= 11 is 0. The van der Waals surface area contributed by atoms with Crippen LogP contribution in [0.3, 0.4) is 0 Å². The standard InChI is InChI=1S/C20H22N2O2/c1-15(23)17-10-5-6-11-18(17)21-20(24)19-12-7-13-22(19)14-16-8-3-2-4-9-16/h2-6,8-11,19H,7,12-14H2,1H3,(H,21,24)/t19-/m0/s1. The molecule has 3 rings (SSSR count). The van der Waals surface area contributed by atoms with Crippen LogP contribution in [0.2, 0.25) is 0 Å². The van der Waals surface area contributed by atoms with E-state index in [0.29, 0.717) is 11.3 Å². The predicted octanol–water partition coefficient (Wildman–Crippen LogP) is 3.49. The van der Waals surface area contributed by atoms with E-state index < -0.39 is 0 Å². The molecule has 2 aromatic rings. The summed E-state index contributed by atoms with van der Waals surface area (Å²) in [4.78, 5) is 26.6. The highest BCUT2D eigenvalue weighted by atomic mass is 16.2. The molecule has 1 fully saturated rings. The summed E-state index contributed by atoms with van der Waals surface area (Å²) in [6.07, 6.45) is 1.86. The van der Waals surface area contributed by atoms with Crippen LogP contribution in [0.5, 0.6) is 0 Å². The smallest absolute Gasteiger partial charge is 0.241 e. The van der Waals surface area contributed by atoms with Crippen LogP contribution in [0, 0.1) is 0 Å². The van der Waals surface area contributed by atoms with Crippen LogP contribution in [0.15, 0.2) is 54.6 Å². The van der Waals surface area contributed by atoms with Crippen LogP contribution in [-0.4, -0.2) is 29.2 Å². The first kappa shape index (κ1) is 16.4. The normalized spacial score (nSPS) is 17.6. The molecular weight excluding hydrogens is 300 g/mol. The first-order valence-corrected chi connectivity index (χ1v) is 8.34. The minimum absolute atomic E-state index is 0.0304. The van der Waals surface area contributed by atoms with Crippen molar-refractivity contribution in [3.8, 4) is 0 Å². The van der Waals surface area contributed by atoms with Crippen molar-refractivity contribution in [2.24, 2.45) is 0 Å². The molecule has 4 heteroatoms. The summed E-state index contributed by atoms with van der Waals surface area (Å²) in [5.41, 5.74) is 2.36. The molecule has 124 valence electrons. The number of carbonyl (C=O) groups excluding carboxylic acids is 2. The van der Waals surface area contributed by atoms with Gasteiger partial charge in [-0.05, 0) is 44.0 Å². The SMILES string of the molecule is CC(=O)c1ccccc1NC(=O)[C@@H]1CCCN1Cc1ccccc1. The number of rotatable bonds is 5. The number of benzene rings is 2. The maximum absolute atomic E-state index is 12.7. The number of para-hydroxylation sites is 1. The number of nitrogens with zero attached hydrogens (tertiary/aromatic N) is 1. The number of hydrogen-bond acceptors (Lipinski definition) is 3. The van der Waals surface area contributed by atoms with Gasteiger partial charge in [-0.25, -0.2) is 0 Å². The van der Waals surface area contributed by atoms with Crippen molar-refractivity contribution in [1.82, 2.24) is 4.90 Å². The van der Waals surface area contributed by atoms with Crippen LogP contribution < -0.4 is 5.32 Å². The van der Waals surface area contributed by atoms with E-state index in [2.05, 4.69) is 22.3 Å². The van der Waals surface area contributed by atoms with E-state index in [1.807, 2.05) is 30.3 Å². The summed E-state index contributed by atoms with van der Waals surface area (Å²) in [5, 5.41) is 2.95. The number of anilines is 1. The zero-order valence-electron chi connectivity index (χ0n) is 13.9. The second kappa shape index (κ2) is 7.41. The highest BCUT2D eigenvalue weighted by Gasteiger charge is 2.31. The molecule has 1 atom stereocenters. The Morgan fingerprint density at radius 1 is 1.08 bits per heavy atom. The van der Waals surface area contributed by atoms with Gasteiger partial charge in [0.25, 0.3) is 0 Å². The molecule has 2 aromatic carbocycles. The summed E-state index contributed by atoms with van der Waals surface area (Å²) in [6, 6.07) is 17.2. The fourth-order valence-electron chi connectivity index (χ4n) is 3.25. The van der Waals surface area contributed by atoms with Gasteiger partial charge in [-0.2, -0.15) is 0 Å². The molecule has 1 N–H and O–H groups in total. The number of nitrogens with one attached hydrogen (secondary N) is 1. The highest BCUT2D eigenvalue weighted by Crippen LogP contribution is 2.23. The number of Topliss-reactive ketones (excluding diaryl/α,β-unsaturated/α-hetero) is 1. The Bertz CT molecular complexity index is 727. The summed E-state index contributed by atoms with van der Waals surface area (Å²) in [5.74, 6) is -0.0735. The number of likely N-dealkylation sites (tertiary alicyclic amines) is 1. The summed E-state index contributed by atoms with van der Waals surface area (Å²) in [6.45, 7) is 3.21. The zero-order chi connectivity index (χ0) is 16.9. The maximum Gasteiger partial charge on any atom is 0.241 e. The lowest BCUT2D eigenvalue weighted by molar-refractivity contribution is -0.120. The van der Waals surface area contributed by atoms with Gasteiger partial charge in [-0.3, -0.25) is 14.5 Å². The van der Waals surface area contributed by atoms with E-state index in [0.717, 1.165) is 25.9 Å². The minimum Gasteiger partial charge on any atom is -0.324 e. The summed E-state index contributed by atoms with van der Waals surface area (Å²) in [7, 11) is 0. The molecule has 0 aromatic heterocycles. The number of hydrogen-bond donors (Lipinski definition) is 1. The van der Waals surface area contributed by atoms with Gasteiger partial charge in [0.15, 0.2) is 5.78 Å². The summed E-state index contributed by atoms with van der Waals surface area (Å²) < 4.78 is 0. The van der Waals surface area contributed by atoms with E-state index in [1.165, 1.54) is 12.5 Å². The lowest BCUT2D eigenvalue weighted by Crippen LogP contribution is -2.39. The number of amides is 1. The third-order valence-electron chi connectivity index (χ3n) is 4.46. The monoisotopic (exact) mass is 322 g/mol. The second-order valence-corrected chi connectivity index (χ2v) is 6.21. The van der Waals surface area contributed by atoms with Gasteiger partial charge in [-0.1, -0.05) is 42.5 Å². The van der Waals surface area contributed by atoms with Crippen molar-refractivity contribution in [1.29, 1.82) is 0 Å². The van der Waals surface area contributed by atoms with Crippen LogP contribution in [0.4, 0.5) is 5.69 Å². The van der Waals surface area contributed by atoms with E-state index >= 15 is 0 Å². The molecule has 0 radical (unpaired) electrons. The van der Waals surface area contributed by atoms with Gasteiger partial charge in [-0.15, -0.1) is 0 Å². The van der Waals surface area contributed by atoms with Gasteiger partial charge < -0.3 is 5.32 Å². The van der Waals surface area contributed by atoms with Gasteiger partial charge in [0, 0.05) is 12.1 Å². The van der Waals surface area contributed by atoms with Crippen LogP contribution in [0.1, 0.15) is 35.7 Å². The maximum atomic E-state index is 12.7. The first-order valence-electron chi connectivity index (χ1n) is 8.34. The van der Waals surface area contributed by atoms with E-state index in [9.17, 15) is 9.59 Å². The molecule has 0 saturated carbocycles. The lowest BCUT2D eigenvalue weighted by Gasteiger charge is -2.24. The molecule has 24 heavy (non-hydrogen) atoms. The lowest BCUT2D eigenvalue weighted by atomic mass is 10.1. The molecule has 1 saturated heterocycles.